The molecule has 3 aromatic rings. The number of hydrogen-bond acceptors (Lipinski definition) is 3. The molecule has 10 heteroatoms. The van der Waals surface area contributed by atoms with Crippen molar-refractivity contribution in [3.63, 3.8) is 0 Å². The zero-order valence-electron chi connectivity index (χ0n) is 15.5. The van der Waals surface area contributed by atoms with Crippen LogP contribution in [0, 0.1) is 0 Å². The van der Waals surface area contributed by atoms with Crippen molar-refractivity contribution in [2.45, 2.75) is 12.4 Å². The number of carbonyl (C=O) groups excluding carboxylic acids is 1. The van der Waals surface area contributed by atoms with E-state index in [2.05, 4.69) is 15.5 Å². The fourth-order valence-corrected chi connectivity index (χ4v) is 2.56. The van der Waals surface area contributed by atoms with Crippen LogP contribution in [-0.4, -0.2) is 5.91 Å². The van der Waals surface area contributed by atoms with Crippen molar-refractivity contribution >= 4 is 23.0 Å². The van der Waals surface area contributed by atoms with Crippen LogP contribution in [0.2, 0.25) is 0 Å². The normalized spacial score (nSPS) is 12.2. The fourth-order valence-electron chi connectivity index (χ4n) is 2.56. The minimum Gasteiger partial charge on any atom is -0.320 e. The van der Waals surface area contributed by atoms with Crippen LogP contribution in [-0.2, 0) is 12.4 Å². The van der Waals surface area contributed by atoms with Crippen LogP contribution in [0.4, 0.5) is 43.4 Å². The van der Waals surface area contributed by atoms with E-state index in [1.807, 2.05) is 0 Å². The Labute approximate surface area is 172 Å². The van der Waals surface area contributed by atoms with Crippen molar-refractivity contribution in [3.05, 3.63) is 89.5 Å². The molecule has 0 aliphatic carbocycles. The first-order valence-electron chi connectivity index (χ1n) is 8.71. The highest BCUT2D eigenvalue weighted by molar-refractivity contribution is 6.05. The Morgan fingerprint density at radius 3 is 1.84 bits per heavy atom. The minimum absolute atomic E-state index is 0.00699. The van der Waals surface area contributed by atoms with E-state index in [-0.39, 0.29) is 17.4 Å². The van der Waals surface area contributed by atoms with Crippen LogP contribution in [0.25, 0.3) is 0 Å². The van der Waals surface area contributed by atoms with E-state index in [9.17, 15) is 31.1 Å². The van der Waals surface area contributed by atoms with Gasteiger partial charge in [-0.05, 0) is 42.5 Å². The van der Waals surface area contributed by atoms with Gasteiger partial charge in [-0.1, -0.05) is 30.3 Å². The van der Waals surface area contributed by atoms with Gasteiger partial charge < -0.3 is 5.32 Å². The number of alkyl halides is 6. The second-order valence-corrected chi connectivity index (χ2v) is 6.30. The number of rotatable bonds is 4. The molecular weight excluding hydrogens is 424 g/mol. The fraction of sp³-hybridized carbons (Fsp3) is 0.0952. The maximum absolute atomic E-state index is 13.0. The van der Waals surface area contributed by atoms with Gasteiger partial charge >= 0.3 is 12.4 Å². The van der Waals surface area contributed by atoms with E-state index in [1.54, 1.807) is 36.4 Å². The van der Waals surface area contributed by atoms with Gasteiger partial charge in [0.15, 0.2) is 0 Å². The SMILES string of the molecule is O=C(Nc1ccccc1N=Nc1cc(C(F)(F)F)cc(C(F)(F)F)c1)c1ccccc1. The minimum atomic E-state index is -4.99. The number of nitrogens with zero attached hydrogens (tertiary/aromatic N) is 2. The highest BCUT2D eigenvalue weighted by Crippen LogP contribution is 2.38. The van der Waals surface area contributed by atoms with Crippen molar-refractivity contribution < 1.29 is 31.1 Å². The maximum Gasteiger partial charge on any atom is 0.416 e. The number of carbonyl (C=O) groups is 1. The summed E-state index contributed by atoms with van der Waals surface area (Å²) in [5.74, 6) is -0.471. The molecule has 31 heavy (non-hydrogen) atoms. The summed E-state index contributed by atoms with van der Waals surface area (Å²) in [5, 5.41) is 9.87. The van der Waals surface area contributed by atoms with Gasteiger partial charge in [-0.15, -0.1) is 5.11 Å². The van der Waals surface area contributed by atoms with Gasteiger partial charge in [0.25, 0.3) is 5.91 Å². The molecule has 0 fully saturated rings. The summed E-state index contributed by atoms with van der Waals surface area (Å²) in [7, 11) is 0. The Kier molecular flexibility index (Phi) is 6.09. The average Bonchev–Trinajstić information content (AvgIpc) is 2.72. The molecule has 0 atom stereocenters. The molecule has 0 saturated carbocycles. The molecule has 4 nitrogen and oxygen atoms in total. The summed E-state index contributed by atoms with van der Waals surface area (Å²) in [4.78, 5) is 12.3. The van der Waals surface area contributed by atoms with Gasteiger partial charge in [-0.2, -0.15) is 31.5 Å². The van der Waals surface area contributed by atoms with Gasteiger partial charge in [0.2, 0.25) is 0 Å². The number of halogens is 6. The first-order chi connectivity index (χ1) is 14.5. The number of azo groups is 1. The number of benzene rings is 3. The lowest BCUT2D eigenvalue weighted by Gasteiger charge is -2.12. The molecule has 0 unspecified atom stereocenters. The van der Waals surface area contributed by atoms with Gasteiger partial charge in [-0.25, -0.2) is 0 Å². The molecule has 0 aromatic heterocycles. The lowest BCUT2D eigenvalue weighted by Crippen LogP contribution is -2.11. The van der Waals surface area contributed by atoms with Gasteiger partial charge in [-0.3, -0.25) is 4.79 Å². The van der Waals surface area contributed by atoms with Crippen molar-refractivity contribution in [1.82, 2.24) is 0 Å². The zero-order chi connectivity index (χ0) is 22.6. The van der Waals surface area contributed by atoms with Crippen molar-refractivity contribution in [2.75, 3.05) is 5.32 Å². The highest BCUT2D eigenvalue weighted by atomic mass is 19.4. The highest BCUT2D eigenvalue weighted by Gasteiger charge is 2.37. The lowest BCUT2D eigenvalue weighted by molar-refractivity contribution is -0.143. The summed E-state index contributed by atoms with van der Waals surface area (Å²) in [5.41, 5.74) is -3.04. The van der Waals surface area contributed by atoms with Crippen molar-refractivity contribution in [3.8, 4) is 0 Å². The van der Waals surface area contributed by atoms with Crippen LogP contribution in [0.5, 0.6) is 0 Å². The number of hydrogen-bond donors (Lipinski definition) is 1. The van der Waals surface area contributed by atoms with E-state index < -0.39 is 35.1 Å². The van der Waals surface area contributed by atoms with E-state index in [0.29, 0.717) is 17.7 Å². The smallest absolute Gasteiger partial charge is 0.320 e. The monoisotopic (exact) mass is 437 g/mol. The molecule has 0 bridgehead atoms. The molecule has 0 aliphatic heterocycles. The summed E-state index contributed by atoms with van der Waals surface area (Å²) in [6.45, 7) is 0. The predicted molar refractivity (Wildman–Crippen MR) is 101 cm³/mol. The van der Waals surface area contributed by atoms with E-state index in [0.717, 1.165) is 0 Å². The van der Waals surface area contributed by atoms with Crippen LogP contribution in [0.15, 0.2) is 83.0 Å². The van der Waals surface area contributed by atoms with Crippen LogP contribution in [0.3, 0.4) is 0 Å². The third kappa shape index (κ3) is 5.68. The average molecular weight is 437 g/mol. The van der Waals surface area contributed by atoms with E-state index >= 15 is 0 Å². The number of nitrogens with one attached hydrogen (secondary N) is 1. The molecule has 0 saturated heterocycles. The standard InChI is InChI=1S/C21H13F6N3O/c22-20(23,24)14-10-15(21(25,26)27)12-16(11-14)29-30-18-9-5-4-8-17(18)28-19(31)13-6-2-1-3-7-13/h1-12H,(H,28,31). The van der Waals surface area contributed by atoms with Crippen molar-refractivity contribution in [2.24, 2.45) is 10.2 Å². The third-order valence-corrected chi connectivity index (χ3v) is 4.03. The summed E-state index contributed by atoms with van der Waals surface area (Å²) >= 11 is 0. The lowest BCUT2D eigenvalue weighted by atomic mass is 10.1. The quantitative estimate of drug-likeness (QED) is 0.336. The molecule has 1 amide bonds. The summed E-state index contributed by atoms with van der Waals surface area (Å²) in [6, 6.07) is 15.1. The van der Waals surface area contributed by atoms with Crippen molar-refractivity contribution in [1.29, 1.82) is 0 Å². The molecular formula is C21H13F6N3O. The second-order valence-electron chi connectivity index (χ2n) is 6.30. The largest absolute Gasteiger partial charge is 0.416 e. The predicted octanol–water partition coefficient (Wildman–Crippen LogP) is 7.39. The number of anilines is 1. The molecule has 3 rings (SSSR count). The Morgan fingerprint density at radius 1 is 0.710 bits per heavy atom. The number of amides is 1. The van der Waals surface area contributed by atoms with Crippen LogP contribution >= 0.6 is 0 Å². The first-order valence-corrected chi connectivity index (χ1v) is 8.71. The Morgan fingerprint density at radius 2 is 1.26 bits per heavy atom. The Hall–Kier alpha value is -3.69. The van der Waals surface area contributed by atoms with Gasteiger partial charge in [0, 0.05) is 5.56 Å². The molecule has 160 valence electrons. The molecule has 0 radical (unpaired) electrons. The molecule has 0 spiro atoms. The summed E-state index contributed by atoms with van der Waals surface area (Å²) in [6.07, 6.45) is -9.99. The van der Waals surface area contributed by atoms with Crippen LogP contribution in [0.1, 0.15) is 21.5 Å². The Bertz CT molecular complexity index is 1080. The molecule has 1 N–H and O–H groups in total. The third-order valence-electron chi connectivity index (χ3n) is 4.03. The zero-order valence-corrected chi connectivity index (χ0v) is 15.5. The Balaban J connectivity index is 1.93. The number of para-hydroxylation sites is 1. The van der Waals surface area contributed by atoms with Gasteiger partial charge in [0.1, 0.15) is 5.69 Å². The second kappa shape index (κ2) is 8.58. The summed E-state index contributed by atoms with van der Waals surface area (Å²) < 4.78 is 77.9. The van der Waals surface area contributed by atoms with Crippen LogP contribution < -0.4 is 5.32 Å². The van der Waals surface area contributed by atoms with E-state index in [1.165, 1.54) is 18.2 Å². The molecule has 0 aliphatic rings. The topological polar surface area (TPSA) is 53.8 Å². The first kappa shape index (κ1) is 22.0. The molecule has 3 aromatic carbocycles. The van der Waals surface area contributed by atoms with E-state index in [4.69, 9.17) is 0 Å². The van der Waals surface area contributed by atoms with Gasteiger partial charge in [0.05, 0.1) is 22.5 Å². The molecule has 0 heterocycles. The maximum atomic E-state index is 13.0.